The summed E-state index contributed by atoms with van der Waals surface area (Å²) in [7, 11) is 0. The molecule has 0 saturated carbocycles. The fourth-order valence-electron chi connectivity index (χ4n) is 1.68. The van der Waals surface area contributed by atoms with Gasteiger partial charge in [0, 0.05) is 25.5 Å². The Labute approximate surface area is 101 Å². The monoisotopic (exact) mass is 243 g/mol. The maximum atomic E-state index is 11.0. The topological polar surface area (TPSA) is 85.7 Å². The molecular weight excluding hydrogens is 234 g/mol. The van der Waals surface area contributed by atoms with Gasteiger partial charge in [-0.1, -0.05) is 4.85 Å². The molecule has 0 aliphatic carbocycles. The lowest BCUT2D eigenvalue weighted by atomic mass is 10.2. The van der Waals surface area contributed by atoms with Crippen LogP contribution in [0.5, 0.6) is 0 Å². The Bertz CT molecular complexity index is 701. The fourth-order valence-corrected chi connectivity index (χ4v) is 1.68. The van der Waals surface area contributed by atoms with Gasteiger partial charge in [-0.15, -0.1) is 5.10 Å². The van der Waals surface area contributed by atoms with Crippen molar-refractivity contribution in [1.82, 2.24) is 24.9 Å². The number of nitrogens with zero attached hydrogens (tertiary/aromatic N) is 4. The zero-order valence-electron chi connectivity index (χ0n) is 9.49. The van der Waals surface area contributed by atoms with Crippen molar-refractivity contribution in [1.29, 1.82) is 0 Å². The molecule has 0 saturated heterocycles. The number of hydrogen-bond acceptors (Lipinski definition) is 5. The first kappa shape index (κ1) is 10.5. The van der Waals surface area contributed by atoms with Crippen LogP contribution in [0.25, 0.3) is 22.6 Å². The number of hydrogen-bond donors (Lipinski definition) is 1. The van der Waals surface area contributed by atoms with Crippen LogP contribution in [0.3, 0.4) is 0 Å². The van der Waals surface area contributed by atoms with Crippen LogP contribution in [0.15, 0.2) is 30.7 Å². The molecule has 7 nitrogen and oxygen atoms in total. The summed E-state index contributed by atoms with van der Waals surface area (Å²) in [4.78, 5) is 28.3. The third-order valence-corrected chi connectivity index (χ3v) is 2.35. The molecule has 0 amide bonds. The van der Waals surface area contributed by atoms with E-state index in [9.17, 15) is 4.79 Å². The van der Waals surface area contributed by atoms with Crippen molar-refractivity contribution in [3.8, 4) is 11.5 Å². The highest BCUT2D eigenvalue weighted by Crippen LogP contribution is 2.23. The highest BCUT2D eigenvalue weighted by Gasteiger charge is 2.16. The van der Waals surface area contributed by atoms with E-state index in [4.69, 9.17) is 4.84 Å². The van der Waals surface area contributed by atoms with Gasteiger partial charge in [0.2, 0.25) is 0 Å². The Kier molecular flexibility index (Phi) is 2.30. The summed E-state index contributed by atoms with van der Waals surface area (Å²) >= 11 is 0. The zero-order valence-corrected chi connectivity index (χ0v) is 9.49. The zero-order chi connectivity index (χ0) is 12.5. The normalized spacial score (nSPS) is 10.7. The summed E-state index contributed by atoms with van der Waals surface area (Å²) in [5.74, 6) is 0.134. The van der Waals surface area contributed by atoms with Gasteiger partial charge in [0.1, 0.15) is 5.69 Å². The van der Waals surface area contributed by atoms with E-state index in [0.29, 0.717) is 17.2 Å². The maximum absolute atomic E-state index is 11.0. The van der Waals surface area contributed by atoms with Gasteiger partial charge in [-0.05, 0) is 12.1 Å². The molecule has 18 heavy (non-hydrogen) atoms. The molecule has 0 aliphatic rings. The molecule has 0 spiro atoms. The van der Waals surface area contributed by atoms with E-state index >= 15 is 0 Å². The van der Waals surface area contributed by atoms with Crippen molar-refractivity contribution >= 4 is 17.0 Å². The number of aromatic amines is 1. The standard InChI is InChI=1S/C11H9N5O2/c1-7(17)18-16-11-8(3-2-4-14-11)9(15-16)10-12-5-6-13-10/h2-6H,1H3,(H,12,13). The molecule has 3 aromatic heterocycles. The van der Waals surface area contributed by atoms with Gasteiger partial charge >= 0.3 is 5.97 Å². The van der Waals surface area contributed by atoms with Crippen LogP contribution in [0.1, 0.15) is 6.92 Å². The Balaban J connectivity index is 2.24. The number of rotatable bonds is 2. The van der Waals surface area contributed by atoms with Gasteiger partial charge in [-0.25, -0.2) is 14.8 Å². The van der Waals surface area contributed by atoms with E-state index in [1.165, 1.54) is 6.92 Å². The Morgan fingerprint density at radius 1 is 1.39 bits per heavy atom. The van der Waals surface area contributed by atoms with Gasteiger partial charge < -0.3 is 9.82 Å². The van der Waals surface area contributed by atoms with Gasteiger partial charge in [0.25, 0.3) is 0 Å². The first-order valence-corrected chi connectivity index (χ1v) is 5.28. The minimum atomic E-state index is -0.462. The van der Waals surface area contributed by atoms with Crippen molar-refractivity contribution in [2.45, 2.75) is 6.92 Å². The van der Waals surface area contributed by atoms with Gasteiger partial charge in [-0.3, -0.25) is 0 Å². The van der Waals surface area contributed by atoms with E-state index in [1.807, 2.05) is 6.07 Å². The molecule has 3 rings (SSSR count). The number of H-pyrrole nitrogens is 1. The number of imidazole rings is 1. The second-order valence-corrected chi connectivity index (χ2v) is 3.62. The van der Waals surface area contributed by atoms with Crippen molar-refractivity contribution in [2.75, 3.05) is 0 Å². The number of carbonyl (C=O) groups excluding carboxylic acids is 1. The largest absolute Gasteiger partial charge is 0.343 e. The summed E-state index contributed by atoms with van der Waals surface area (Å²) < 4.78 is 0. The number of carbonyl (C=O) groups is 1. The molecule has 1 N–H and O–H groups in total. The van der Waals surface area contributed by atoms with E-state index in [-0.39, 0.29) is 0 Å². The van der Waals surface area contributed by atoms with Crippen LogP contribution >= 0.6 is 0 Å². The smallest absolute Gasteiger partial charge is 0.332 e. The average Bonchev–Trinajstić information content (AvgIpc) is 2.96. The van der Waals surface area contributed by atoms with Crippen molar-refractivity contribution in [3.05, 3.63) is 30.7 Å². The van der Waals surface area contributed by atoms with Crippen LogP contribution in [0.4, 0.5) is 0 Å². The summed E-state index contributed by atoms with van der Waals surface area (Å²) in [6.45, 7) is 1.31. The first-order chi connectivity index (χ1) is 8.75. The molecule has 0 radical (unpaired) electrons. The van der Waals surface area contributed by atoms with Crippen LogP contribution in [-0.2, 0) is 4.79 Å². The molecule has 0 aromatic carbocycles. The molecular formula is C11H9N5O2. The average molecular weight is 243 g/mol. The van der Waals surface area contributed by atoms with Crippen LogP contribution in [0.2, 0.25) is 0 Å². The quantitative estimate of drug-likeness (QED) is 0.719. The molecule has 3 heterocycles. The van der Waals surface area contributed by atoms with Crippen molar-refractivity contribution < 1.29 is 9.63 Å². The summed E-state index contributed by atoms with van der Waals surface area (Å²) in [5, 5.41) is 4.95. The molecule has 3 aromatic rings. The fraction of sp³-hybridized carbons (Fsp3) is 0.0909. The second-order valence-electron chi connectivity index (χ2n) is 3.62. The Morgan fingerprint density at radius 2 is 2.28 bits per heavy atom. The maximum Gasteiger partial charge on any atom is 0.332 e. The second kappa shape index (κ2) is 3.95. The van der Waals surface area contributed by atoms with Crippen LogP contribution in [0, 0.1) is 0 Å². The molecule has 0 bridgehead atoms. The summed E-state index contributed by atoms with van der Waals surface area (Å²) in [6, 6.07) is 3.63. The van der Waals surface area contributed by atoms with Crippen LogP contribution in [-0.4, -0.2) is 30.9 Å². The number of nitrogens with one attached hydrogen (secondary N) is 1. The van der Waals surface area contributed by atoms with E-state index in [2.05, 4.69) is 20.1 Å². The SMILES string of the molecule is CC(=O)On1nc(-c2ncc[nH]2)c2cccnc21. The third kappa shape index (κ3) is 1.61. The number of pyridine rings is 1. The predicted molar refractivity (Wildman–Crippen MR) is 62.4 cm³/mol. The molecule has 0 fully saturated rings. The molecule has 0 aliphatic heterocycles. The lowest BCUT2D eigenvalue weighted by Crippen LogP contribution is -2.18. The van der Waals surface area contributed by atoms with Crippen LogP contribution < -0.4 is 4.84 Å². The van der Waals surface area contributed by atoms with Crippen molar-refractivity contribution in [3.63, 3.8) is 0 Å². The molecule has 0 atom stereocenters. The van der Waals surface area contributed by atoms with Gasteiger partial charge in [0.15, 0.2) is 11.5 Å². The number of fused-ring (bicyclic) bond motifs is 1. The van der Waals surface area contributed by atoms with Gasteiger partial charge in [0.05, 0.1) is 5.39 Å². The predicted octanol–water partition coefficient (Wildman–Crippen LogP) is 0.796. The lowest BCUT2D eigenvalue weighted by Gasteiger charge is -1.98. The molecule has 0 unspecified atom stereocenters. The summed E-state index contributed by atoms with van der Waals surface area (Å²) in [5.41, 5.74) is 1.06. The first-order valence-electron chi connectivity index (χ1n) is 5.28. The van der Waals surface area contributed by atoms with E-state index in [0.717, 1.165) is 10.2 Å². The lowest BCUT2D eigenvalue weighted by molar-refractivity contribution is -0.142. The third-order valence-electron chi connectivity index (χ3n) is 2.35. The Morgan fingerprint density at radius 3 is 3.00 bits per heavy atom. The minimum Gasteiger partial charge on any atom is -0.343 e. The molecule has 7 heteroatoms. The minimum absolute atomic E-state index is 0.462. The summed E-state index contributed by atoms with van der Waals surface area (Å²) in [6.07, 6.45) is 4.93. The van der Waals surface area contributed by atoms with Gasteiger partial charge in [-0.2, -0.15) is 0 Å². The van der Waals surface area contributed by atoms with Crippen molar-refractivity contribution in [2.24, 2.45) is 0 Å². The molecule has 90 valence electrons. The highest BCUT2D eigenvalue weighted by atomic mass is 16.7. The number of aromatic nitrogens is 5. The highest BCUT2D eigenvalue weighted by molar-refractivity contribution is 5.89. The van der Waals surface area contributed by atoms with E-state index in [1.54, 1.807) is 24.7 Å². The Hall–Kier alpha value is -2.70. The van der Waals surface area contributed by atoms with E-state index < -0.39 is 5.97 Å².